The summed E-state index contributed by atoms with van der Waals surface area (Å²) in [7, 11) is 0. The van der Waals surface area contributed by atoms with Crippen molar-refractivity contribution in [2.45, 2.75) is 63.6 Å². The SMILES string of the molecule is CC1OCCC1(O)CNC(=O)CC1(C(=O)O)CCCCC1. The van der Waals surface area contributed by atoms with E-state index in [2.05, 4.69) is 5.32 Å². The van der Waals surface area contributed by atoms with Crippen LogP contribution in [0.4, 0.5) is 0 Å². The molecule has 6 nitrogen and oxygen atoms in total. The van der Waals surface area contributed by atoms with Crippen LogP contribution in [-0.2, 0) is 14.3 Å². The highest BCUT2D eigenvalue weighted by Gasteiger charge is 2.43. The molecule has 2 atom stereocenters. The van der Waals surface area contributed by atoms with E-state index in [0.29, 0.717) is 25.9 Å². The van der Waals surface area contributed by atoms with Crippen molar-refractivity contribution in [2.75, 3.05) is 13.2 Å². The number of rotatable bonds is 5. The van der Waals surface area contributed by atoms with Gasteiger partial charge in [0.05, 0.1) is 11.5 Å². The molecular weight excluding hydrogens is 274 g/mol. The predicted octanol–water partition coefficient (Wildman–Crippen LogP) is 1.07. The molecule has 1 aliphatic carbocycles. The van der Waals surface area contributed by atoms with Gasteiger partial charge in [-0.3, -0.25) is 9.59 Å². The highest BCUT2D eigenvalue weighted by Crippen LogP contribution is 2.39. The molecule has 2 unspecified atom stereocenters. The fourth-order valence-electron chi connectivity index (χ4n) is 3.32. The zero-order valence-corrected chi connectivity index (χ0v) is 12.6. The number of carbonyl (C=O) groups excluding carboxylic acids is 1. The number of carbonyl (C=O) groups is 2. The molecule has 120 valence electrons. The van der Waals surface area contributed by atoms with E-state index < -0.39 is 17.0 Å². The van der Waals surface area contributed by atoms with Crippen LogP contribution in [-0.4, -0.2) is 46.9 Å². The molecule has 3 N–H and O–H groups in total. The van der Waals surface area contributed by atoms with E-state index in [-0.39, 0.29) is 25.0 Å². The topological polar surface area (TPSA) is 95.9 Å². The maximum Gasteiger partial charge on any atom is 0.310 e. The number of aliphatic hydroxyl groups is 1. The first kappa shape index (κ1) is 16.2. The van der Waals surface area contributed by atoms with Crippen molar-refractivity contribution in [2.24, 2.45) is 5.41 Å². The number of carboxylic acid groups (broad SMARTS) is 1. The van der Waals surface area contributed by atoms with Gasteiger partial charge in [-0.05, 0) is 19.8 Å². The van der Waals surface area contributed by atoms with Gasteiger partial charge in [0.15, 0.2) is 0 Å². The third-order valence-corrected chi connectivity index (χ3v) is 5.01. The van der Waals surface area contributed by atoms with Gasteiger partial charge in [-0.2, -0.15) is 0 Å². The number of amides is 1. The molecule has 21 heavy (non-hydrogen) atoms. The minimum atomic E-state index is -1.04. The van der Waals surface area contributed by atoms with Gasteiger partial charge >= 0.3 is 5.97 Å². The standard InChI is InChI=1S/C15H25NO5/c1-11-15(20,7-8-21-11)10-16-12(17)9-14(13(18)19)5-3-2-4-6-14/h11,20H,2-10H2,1H3,(H,16,17)(H,18,19). The smallest absolute Gasteiger partial charge is 0.310 e. The van der Waals surface area contributed by atoms with Crippen LogP contribution in [0.1, 0.15) is 51.9 Å². The number of ether oxygens (including phenoxy) is 1. The molecule has 0 aromatic carbocycles. The Kier molecular flexibility index (Phi) is 4.88. The van der Waals surface area contributed by atoms with E-state index in [1.54, 1.807) is 6.92 Å². The molecule has 1 aliphatic heterocycles. The first-order valence-electron chi connectivity index (χ1n) is 7.72. The Labute approximate surface area is 124 Å². The predicted molar refractivity (Wildman–Crippen MR) is 75.8 cm³/mol. The van der Waals surface area contributed by atoms with Crippen LogP contribution < -0.4 is 5.32 Å². The minimum Gasteiger partial charge on any atom is -0.481 e. The van der Waals surface area contributed by atoms with E-state index in [1.807, 2.05) is 0 Å². The van der Waals surface area contributed by atoms with Crippen molar-refractivity contribution in [1.82, 2.24) is 5.32 Å². The van der Waals surface area contributed by atoms with Gasteiger partial charge in [0.1, 0.15) is 5.60 Å². The molecule has 1 saturated carbocycles. The van der Waals surface area contributed by atoms with E-state index >= 15 is 0 Å². The molecule has 2 rings (SSSR count). The molecule has 0 radical (unpaired) electrons. The highest BCUT2D eigenvalue weighted by molar-refractivity contribution is 5.85. The first-order chi connectivity index (χ1) is 9.88. The lowest BCUT2D eigenvalue weighted by molar-refractivity contribution is -0.154. The lowest BCUT2D eigenvalue weighted by Crippen LogP contribution is -2.49. The van der Waals surface area contributed by atoms with Crippen LogP contribution in [0.25, 0.3) is 0 Å². The van der Waals surface area contributed by atoms with Gasteiger partial charge in [0.25, 0.3) is 0 Å². The van der Waals surface area contributed by atoms with E-state index in [1.165, 1.54) is 0 Å². The average molecular weight is 299 g/mol. The summed E-state index contributed by atoms with van der Waals surface area (Å²) in [6.07, 6.45) is 4.01. The second kappa shape index (κ2) is 6.32. The van der Waals surface area contributed by atoms with E-state index in [9.17, 15) is 19.8 Å². The maximum atomic E-state index is 12.1. The van der Waals surface area contributed by atoms with Gasteiger partial charge in [0.2, 0.25) is 5.91 Å². The van der Waals surface area contributed by atoms with Crippen molar-refractivity contribution >= 4 is 11.9 Å². The summed E-state index contributed by atoms with van der Waals surface area (Å²) in [5, 5.41) is 22.5. The summed E-state index contributed by atoms with van der Waals surface area (Å²) >= 11 is 0. The molecular formula is C15H25NO5. The summed E-state index contributed by atoms with van der Waals surface area (Å²) in [6, 6.07) is 0. The third-order valence-electron chi connectivity index (χ3n) is 5.01. The first-order valence-corrected chi connectivity index (χ1v) is 7.72. The number of hydrogen-bond donors (Lipinski definition) is 3. The molecule has 2 fully saturated rings. The van der Waals surface area contributed by atoms with E-state index in [4.69, 9.17) is 4.74 Å². The van der Waals surface area contributed by atoms with Crippen LogP contribution in [0.15, 0.2) is 0 Å². The Morgan fingerprint density at radius 2 is 1.90 bits per heavy atom. The summed E-state index contributed by atoms with van der Waals surface area (Å²) in [6.45, 7) is 2.37. The minimum absolute atomic E-state index is 0.00630. The maximum absolute atomic E-state index is 12.1. The van der Waals surface area contributed by atoms with Crippen molar-refractivity contribution in [1.29, 1.82) is 0 Å². The third kappa shape index (κ3) is 3.55. The van der Waals surface area contributed by atoms with Gasteiger partial charge < -0.3 is 20.3 Å². The fourth-order valence-corrected chi connectivity index (χ4v) is 3.32. The Morgan fingerprint density at radius 1 is 1.24 bits per heavy atom. The fraction of sp³-hybridized carbons (Fsp3) is 0.867. The summed E-state index contributed by atoms with van der Waals surface area (Å²) in [4.78, 5) is 23.6. The molecule has 0 aromatic heterocycles. The Morgan fingerprint density at radius 3 is 2.43 bits per heavy atom. The summed E-state index contributed by atoms with van der Waals surface area (Å²) in [5.74, 6) is -1.18. The second-order valence-corrected chi connectivity index (χ2v) is 6.47. The van der Waals surface area contributed by atoms with Crippen molar-refractivity contribution in [3.05, 3.63) is 0 Å². The monoisotopic (exact) mass is 299 g/mol. The number of carboxylic acids is 1. The quantitative estimate of drug-likeness (QED) is 0.705. The normalized spacial score (nSPS) is 31.8. The molecule has 2 aliphatic rings. The molecule has 1 saturated heterocycles. The molecule has 0 spiro atoms. The van der Waals surface area contributed by atoms with E-state index in [0.717, 1.165) is 19.3 Å². The number of aliphatic carboxylic acids is 1. The highest BCUT2D eigenvalue weighted by atomic mass is 16.5. The second-order valence-electron chi connectivity index (χ2n) is 6.47. The zero-order chi connectivity index (χ0) is 15.5. The Bertz CT molecular complexity index is 405. The van der Waals surface area contributed by atoms with Gasteiger partial charge in [-0.25, -0.2) is 0 Å². The van der Waals surface area contributed by atoms with Crippen molar-refractivity contribution < 1.29 is 24.5 Å². The van der Waals surface area contributed by atoms with Gasteiger partial charge in [-0.1, -0.05) is 19.3 Å². The molecule has 1 heterocycles. The average Bonchev–Trinajstić information content (AvgIpc) is 2.78. The number of nitrogens with one attached hydrogen (secondary N) is 1. The molecule has 0 aromatic rings. The van der Waals surface area contributed by atoms with Gasteiger partial charge in [0, 0.05) is 26.0 Å². The van der Waals surface area contributed by atoms with Crippen molar-refractivity contribution in [3.63, 3.8) is 0 Å². The van der Waals surface area contributed by atoms with Crippen LogP contribution in [0.3, 0.4) is 0 Å². The van der Waals surface area contributed by atoms with Crippen molar-refractivity contribution in [3.8, 4) is 0 Å². The Hall–Kier alpha value is -1.14. The summed E-state index contributed by atoms with van der Waals surface area (Å²) in [5.41, 5.74) is -1.97. The zero-order valence-electron chi connectivity index (χ0n) is 12.6. The largest absolute Gasteiger partial charge is 0.481 e. The lowest BCUT2D eigenvalue weighted by atomic mass is 9.71. The lowest BCUT2D eigenvalue weighted by Gasteiger charge is -2.33. The Balaban J connectivity index is 1.89. The summed E-state index contributed by atoms with van der Waals surface area (Å²) < 4.78 is 5.31. The molecule has 6 heteroatoms. The molecule has 1 amide bonds. The van der Waals surface area contributed by atoms with Crippen LogP contribution in [0.2, 0.25) is 0 Å². The van der Waals surface area contributed by atoms with Crippen LogP contribution in [0.5, 0.6) is 0 Å². The molecule has 0 bridgehead atoms. The number of hydrogen-bond acceptors (Lipinski definition) is 4. The van der Waals surface area contributed by atoms with Crippen LogP contribution >= 0.6 is 0 Å². The van der Waals surface area contributed by atoms with Crippen LogP contribution in [0, 0.1) is 5.41 Å². The van der Waals surface area contributed by atoms with Gasteiger partial charge in [-0.15, -0.1) is 0 Å².